The van der Waals surface area contributed by atoms with Crippen molar-refractivity contribution >= 4 is 10.0 Å². The van der Waals surface area contributed by atoms with Crippen molar-refractivity contribution in [2.75, 3.05) is 13.6 Å². The van der Waals surface area contributed by atoms with Crippen LogP contribution in [0.15, 0.2) is 41.7 Å². The molecule has 0 bridgehead atoms. The van der Waals surface area contributed by atoms with Crippen LogP contribution in [0.25, 0.3) is 0 Å². The van der Waals surface area contributed by atoms with Crippen molar-refractivity contribution in [3.63, 3.8) is 0 Å². The first-order valence-corrected chi connectivity index (χ1v) is 7.57. The summed E-state index contributed by atoms with van der Waals surface area (Å²) < 4.78 is 27.5. The van der Waals surface area contributed by atoms with E-state index in [9.17, 15) is 8.42 Å². The predicted octanol–water partition coefficient (Wildman–Crippen LogP) is 0.0575. The highest BCUT2D eigenvalue weighted by molar-refractivity contribution is 7.89. The topological polar surface area (TPSA) is 94.1 Å². The Bertz CT molecular complexity index is 653. The van der Waals surface area contributed by atoms with Gasteiger partial charge in [0.15, 0.2) is 0 Å². The van der Waals surface area contributed by atoms with Crippen LogP contribution < -0.4 is 5.73 Å². The minimum absolute atomic E-state index is 0.157. The molecule has 0 aliphatic heterocycles. The molecule has 0 aromatic carbocycles. The number of pyridine rings is 1. The second kappa shape index (κ2) is 6.12. The van der Waals surface area contributed by atoms with Crippen LogP contribution in [0.5, 0.6) is 0 Å². The predicted molar refractivity (Wildman–Crippen MR) is 74.2 cm³/mol. The van der Waals surface area contributed by atoms with E-state index in [1.807, 2.05) is 6.07 Å². The molecule has 0 saturated heterocycles. The molecule has 0 unspecified atom stereocenters. The first-order valence-electron chi connectivity index (χ1n) is 6.13. The van der Waals surface area contributed by atoms with Crippen LogP contribution in [0.4, 0.5) is 0 Å². The molecule has 0 aliphatic carbocycles. The summed E-state index contributed by atoms with van der Waals surface area (Å²) in [6.07, 6.45) is 4.45. The molecule has 8 heteroatoms. The third-order valence-corrected chi connectivity index (χ3v) is 4.54. The monoisotopic (exact) mass is 295 g/mol. The SMILES string of the molecule is CN(Cc1ccccn1)S(=O)(=O)c1cnn(CCN)c1. The molecule has 20 heavy (non-hydrogen) atoms. The smallest absolute Gasteiger partial charge is 0.246 e. The molecule has 2 aromatic rings. The lowest BCUT2D eigenvalue weighted by atomic mass is 10.3. The highest BCUT2D eigenvalue weighted by atomic mass is 32.2. The Morgan fingerprint density at radius 1 is 1.40 bits per heavy atom. The molecule has 7 nitrogen and oxygen atoms in total. The number of hydrogen-bond acceptors (Lipinski definition) is 5. The first kappa shape index (κ1) is 14.6. The summed E-state index contributed by atoms with van der Waals surface area (Å²) in [6.45, 7) is 1.11. The van der Waals surface area contributed by atoms with Gasteiger partial charge in [0.05, 0.1) is 25.0 Å². The Balaban J connectivity index is 2.16. The van der Waals surface area contributed by atoms with Gasteiger partial charge in [-0.25, -0.2) is 8.42 Å². The van der Waals surface area contributed by atoms with E-state index in [0.29, 0.717) is 18.8 Å². The van der Waals surface area contributed by atoms with Crippen molar-refractivity contribution < 1.29 is 8.42 Å². The summed E-state index contributed by atoms with van der Waals surface area (Å²) in [5.74, 6) is 0. The Morgan fingerprint density at radius 2 is 2.20 bits per heavy atom. The van der Waals surface area contributed by atoms with Gasteiger partial charge in [0, 0.05) is 26.0 Å². The maximum absolute atomic E-state index is 12.4. The zero-order valence-electron chi connectivity index (χ0n) is 11.2. The van der Waals surface area contributed by atoms with Crippen molar-refractivity contribution in [2.24, 2.45) is 5.73 Å². The van der Waals surface area contributed by atoms with E-state index in [1.54, 1.807) is 18.3 Å². The van der Waals surface area contributed by atoms with Gasteiger partial charge in [-0.3, -0.25) is 9.67 Å². The normalized spacial score (nSPS) is 11.9. The van der Waals surface area contributed by atoms with E-state index in [0.717, 1.165) is 0 Å². The molecule has 2 rings (SSSR count). The quantitative estimate of drug-likeness (QED) is 0.813. The minimum atomic E-state index is -3.57. The van der Waals surface area contributed by atoms with Crippen LogP contribution in [0.2, 0.25) is 0 Å². The minimum Gasteiger partial charge on any atom is -0.329 e. The second-order valence-corrected chi connectivity index (χ2v) is 6.35. The van der Waals surface area contributed by atoms with Gasteiger partial charge in [-0.15, -0.1) is 0 Å². The van der Waals surface area contributed by atoms with Crippen molar-refractivity contribution in [3.05, 3.63) is 42.5 Å². The van der Waals surface area contributed by atoms with E-state index in [4.69, 9.17) is 5.73 Å². The Morgan fingerprint density at radius 3 is 2.85 bits per heavy atom. The van der Waals surface area contributed by atoms with Gasteiger partial charge in [-0.1, -0.05) is 6.07 Å². The van der Waals surface area contributed by atoms with Crippen molar-refractivity contribution in [2.45, 2.75) is 18.0 Å². The summed E-state index contributed by atoms with van der Waals surface area (Å²) in [5.41, 5.74) is 6.10. The third kappa shape index (κ3) is 3.21. The fourth-order valence-electron chi connectivity index (χ4n) is 1.72. The highest BCUT2D eigenvalue weighted by Gasteiger charge is 2.22. The molecule has 0 spiro atoms. The van der Waals surface area contributed by atoms with Crippen molar-refractivity contribution in [1.82, 2.24) is 19.1 Å². The molecule has 0 atom stereocenters. The zero-order chi connectivity index (χ0) is 14.6. The maximum Gasteiger partial charge on any atom is 0.246 e. The number of aromatic nitrogens is 3. The maximum atomic E-state index is 12.4. The standard InChI is InChI=1S/C12H17N5O2S/c1-16(9-11-4-2-3-6-14-11)20(18,19)12-8-15-17(10-12)7-5-13/h2-4,6,8,10H,5,7,9,13H2,1H3. The largest absolute Gasteiger partial charge is 0.329 e. The molecule has 0 fully saturated rings. The van der Waals surface area contributed by atoms with E-state index in [-0.39, 0.29) is 11.4 Å². The van der Waals surface area contributed by atoms with Gasteiger partial charge in [0.25, 0.3) is 0 Å². The average Bonchev–Trinajstić information content (AvgIpc) is 2.89. The zero-order valence-corrected chi connectivity index (χ0v) is 12.0. The average molecular weight is 295 g/mol. The Kier molecular flexibility index (Phi) is 4.48. The van der Waals surface area contributed by atoms with E-state index in [1.165, 1.54) is 28.4 Å². The summed E-state index contributed by atoms with van der Waals surface area (Å²) in [4.78, 5) is 4.27. The summed E-state index contributed by atoms with van der Waals surface area (Å²) in [7, 11) is -2.05. The molecule has 2 heterocycles. The number of nitrogens with zero attached hydrogens (tertiary/aromatic N) is 4. The molecule has 0 saturated carbocycles. The van der Waals surface area contributed by atoms with Crippen molar-refractivity contribution in [1.29, 1.82) is 0 Å². The third-order valence-electron chi connectivity index (χ3n) is 2.79. The number of sulfonamides is 1. The van der Waals surface area contributed by atoms with Crippen LogP contribution in [0.1, 0.15) is 5.69 Å². The molecule has 0 radical (unpaired) electrons. The highest BCUT2D eigenvalue weighted by Crippen LogP contribution is 2.15. The summed E-state index contributed by atoms with van der Waals surface area (Å²) in [5, 5.41) is 3.98. The first-order chi connectivity index (χ1) is 9.54. The molecular weight excluding hydrogens is 278 g/mol. The fraction of sp³-hybridized carbons (Fsp3) is 0.333. The van der Waals surface area contributed by atoms with Crippen molar-refractivity contribution in [3.8, 4) is 0 Å². The molecule has 0 amide bonds. The summed E-state index contributed by atoms with van der Waals surface area (Å²) in [6, 6.07) is 5.39. The number of hydrogen-bond donors (Lipinski definition) is 1. The van der Waals surface area contributed by atoms with Gasteiger partial charge in [0.2, 0.25) is 10.0 Å². The van der Waals surface area contributed by atoms with Crippen LogP contribution >= 0.6 is 0 Å². The number of nitrogens with two attached hydrogens (primary N) is 1. The van der Waals surface area contributed by atoms with Gasteiger partial charge in [-0.05, 0) is 12.1 Å². The van der Waals surface area contributed by atoms with Gasteiger partial charge in [-0.2, -0.15) is 9.40 Å². The Labute approximate surface area is 118 Å². The van der Waals surface area contributed by atoms with E-state index in [2.05, 4.69) is 10.1 Å². The van der Waals surface area contributed by atoms with E-state index >= 15 is 0 Å². The lowest BCUT2D eigenvalue weighted by molar-refractivity contribution is 0.462. The molecule has 2 N–H and O–H groups in total. The van der Waals surface area contributed by atoms with Crippen LogP contribution in [0.3, 0.4) is 0 Å². The van der Waals surface area contributed by atoms with E-state index < -0.39 is 10.0 Å². The Hall–Kier alpha value is -1.77. The number of rotatable bonds is 6. The van der Waals surface area contributed by atoms with Crippen LogP contribution in [-0.4, -0.2) is 41.1 Å². The van der Waals surface area contributed by atoms with Crippen LogP contribution in [0, 0.1) is 0 Å². The molecule has 2 aromatic heterocycles. The molecular formula is C12H17N5O2S. The van der Waals surface area contributed by atoms with Gasteiger partial charge >= 0.3 is 0 Å². The summed E-state index contributed by atoms with van der Waals surface area (Å²) >= 11 is 0. The van der Waals surface area contributed by atoms with Crippen LogP contribution in [-0.2, 0) is 23.1 Å². The lowest BCUT2D eigenvalue weighted by Gasteiger charge is -2.15. The molecule has 108 valence electrons. The lowest BCUT2D eigenvalue weighted by Crippen LogP contribution is -2.26. The fourth-order valence-corrected chi connectivity index (χ4v) is 2.81. The molecule has 0 aliphatic rings. The van der Waals surface area contributed by atoms with Gasteiger partial charge in [0.1, 0.15) is 4.90 Å². The second-order valence-electron chi connectivity index (χ2n) is 4.31. The van der Waals surface area contributed by atoms with Gasteiger partial charge < -0.3 is 5.73 Å².